The van der Waals surface area contributed by atoms with Crippen LogP contribution in [0.1, 0.15) is 57.2 Å². The molecule has 1 heterocycles. The van der Waals surface area contributed by atoms with Crippen LogP contribution in [0.3, 0.4) is 0 Å². The highest BCUT2D eigenvalue weighted by atomic mass is 15.1. The van der Waals surface area contributed by atoms with Crippen molar-refractivity contribution in [3.05, 3.63) is 18.2 Å². The fourth-order valence-corrected chi connectivity index (χ4v) is 5.50. The van der Waals surface area contributed by atoms with Crippen LogP contribution in [0.4, 0.5) is 0 Å². The summed E-state index contributed by atoms with van der Waals surface area (Å²) in [5, 5.41) is 0. The molecule has 4 bridgehead atoms. The van der Waals surface area contributed by atoms with Crippen molar-refractivity contribution in [1.29, 1.82) is 0 Å². The van der Waals surface area contributed by atoms with Crippen molar-refractivity contribution in [3.8, 4) is 0 Å². The molecule has 5 rings (SSSR count). The molecule has 3 heteroatoms. The second kappa shape index (κ2) is 4.87. The molecule has 1 unspecified atom stereocenters. The van der Waals surface area contributed by atoms with Crippen LogP contribution in [0.15, 0.2) is 12.4 Å². The van der Waals surface area contributed by atoms with Gasteiger partial charge in [-0.25, -0.2) is 4.98 Å². The number of imidazole rings is 1. The van der Waals surface area contributed by atoms with E-state index >= 15 is 0 Å². The van der Waals surface area contributed by atoms with Crippen molar-refractivity contribution in [3.63, 3.8) is 0 Å². The Kier molecular flexibility index (Phi) is 3.13. The Hall–Kier alpha value is -0.830. The second-order valence-electron chi connectivity index (χ2n) is 7.70. The third kappa shape index (κ3) is 2.11. The summed E-state index contributed by atoms with van der Waals surface area (Å²) in [5.74, 6) is 6.04. The molecule has 1 aromatic rings. The molecule has 4 aliphatic carbocycles. The number of nitrogens with two attached hydrogens (primary N) is 1. The summed E-state index contributed by atoms with van der Waals surface area (Å²) in [5.41, 5.74) is 5.92. The molecule has 0 spiro atoms. The van der Waals surface area contributed by atoms with Gasteiger partial charge in [-0.05, 0) is 69.1 Å². The molecular weight excluding hydrogens is 246 g/mol. The van der Waals surface area contributed by atoms with E-state index in [1.54, 1.807) is 0 Å². The Bertz CT molecular complexity index is 448. The van der Waals surface area contributed by atoms with Gasteiger partial charge in [0, 0.05) is 30.9 Å². The predicted molar refractivity (Wildman–Crippen MR) is 80.3 cm³/mol. The lowest BCUT2D eigenvalue weighted by Gasteiger charge is -2.54. The van der Waals surface area contributed by atoms with Crippen molar-refractivity contribution >= 4 is 0 Å². The summed E-state index contributed by atoms with van der Waals surface area (Å²) in [4.78, 5) is 4.76. The lowest BCUT2D eigenvalue weighted by atomic mass is 9.51. The Morgan fingerprint density at radius 3 is 2.45 bits per heavy atom. The van der Waals surface area contributed by atoms with E-state index in [-0.39, 0.29) is 6.04 Å². The maximum absolute atomic E-state index is 5.92. The molecule has 0 aromatic carbocycles. The van der Waals surface area contributed by atoms with E-state index in [4.69, 9.17) is 10.7 Å². The van der Waals surface area contributed by atoms with Gasteiger partial charge in [-0.15, -0.1) is 0 Å². The monoisotopic (exact) mass is 273 g/mol. The first-order valence-corrected chi connectivity index (χ1v) is 8.47. The van der Waals surface area contributed by atoms with Gasteiger partial charge in [-0.2, -0.15) is 0 Å². The van der Waals surface area contributed by atoms with Gasteiger partial charge < -0.3 is 10.3 Å². The highest BCUT2D eigenvalue weighted by Gasteiger charge is 2.49. The maximum atomic E-state index is 5.92. The van der Waals surface area contributed by atoms with E-state index in [1.807, 2.05) is 6.20 Å². The maximum Gasteiger partial charge on any atom is 0.112 e. The molecule has 20 heavy (non-hydrogen) atoms. The average molecular weight is 273 g/mol. The summed E-state index contributed by atoms with van der Waals surface area (Å²) >= 11 is 0. The smallest absolute Gasteiger partial charge is 0.112 e. The zero-order valence-electron chi connectivity index (χ0n) is 12.5. The quantitative estimate of drug-likeness (QED) is 0.915. The van der Waals surface area contributed by atoms with Crippen LogP contribution >= 0.6 is 0 Å². The lowest BCUT2D eigenvalue weighted by molar-refractivity contribution is -0.00679. The number of hydrogen-bond acceptors (Lipinski definition) is 2. The van der Waals surface area contributed by atoms with Gasteiger partial charge in [0.15, 0.2) is 0 Å². The van der Waals surface area contributed by atoms with E-state index in [9.17, 15) is 0 Å². The fourth-order valence-electron chi connectivity index (χ4n) is 5.50. The van der Waals surface area contributed by atoms with Gasteiger partial charge in [-0.3, -0.25) is 0 Å². The number of aromatic nitrogens is 2. The van der Waals surface area contributed by atoms with Gasteiger partial charge in [0.25, 0.3) is 0 Å². The minimum atomic E-state index is 0.281. The predicted octanol–water partition coefficient (Wildman–Crippen LogP) is 3.16. The average Bonchev–Trinajstić information content (AvgIpc) is 2.83. The molecule has 0 amide bonds. The van der Waals surface area contributed by atoms with E-state index in [2.05, 4.69) is 17.7 Å². The SMILES string of the molecule is CC(N)CCn1ccnc1C1C2CC3CC(C2)CC1C3. The minimum Gasteiger partial charge on any atom is -0.335 e. The highest BCUT2D eigenvalue weighted by molar-refractivity contribution is 5.12. The first-order chi connectivity index (χ1) is 9.70. The molecule has 3 nitrogen and oxygen atoms in total. The highest BCUT2D eigenvalue weighted by Crippen LogP contribution is 2.59. The Morgan fingerprint density at radius 2 is 1.85 bits per heavy atom. The summed E-state index contributed by atoms with van der Waals surface area (Å²) in [6.45, 7) is 3.13. The first kappa shape index (κ1) is 12.9. The van der Waals surface area contributed by atoms with Gasteiger partial charge >= 0.3 is 0 Å². The molecule has 110 valence electrons. The number of rotatable bonds is 4. The Balaban J connectivity index is 1.57. The van der Waals surface area contributed by atoms with Crippen molar-refractivity contribution in [1.82, 2.24) is 9.55 Å². The van der Waals surface area contributed by atoms with E-state index in [0.29, 0.717) is 0 Å². The fraction of sp³-hybridized carbons (Fsp3) is 0.824. The molecule has 1 aromatic heterocycles. The normalized spacial score (nSPS) is 40.2. The molecule has 4 aliphatic rings. The van der Waals surface area contributed by atoms with Crippen LogP contribution in [0, 0.1) is 23.7 Å². The van der Waals surface area contributed by atoms with Gasteiger partial charge in [0.2, 0.25) is 0 Å². The first-order valence-electron chi connectivity index (χ1n) is 8.47. The summed E-state index contributed by atoms with van der Waals surface area (Å²) in [7, 11) is 0. The molecule has 1 atom stereocenters. The number of aryl methyl sites for hydroxylation is 1. The van der Waals surface area contributed by atoms with Crippen LogP contribution in [0.25, 0.3) is 0 Å². The Morgan fingerprint density at radius 1 is 1.20 bits per heavy atom. The van der Waals surface area contributed by atoms with Crippen molar-refractivity contribution < 1.29 is 0 Å². The zero-order valence-corrected chi connectivity index (χ0v) is 12.5. The molecule has 0 radical (unpaired) electrons. The molecular formula is C17H27N3. The largest absolute Gasteiger partial charge is 0.335 e. The third-order valence-corrected chi connectivity index (χ3v) is 6.10. The van der Waals surface area contributed by atoms with Crippen LogP contribution in [-0.4, -0.2) is 15.6 Å². The number of hydrogen-bond donors (Lipinski definition) is 1. The lowest BCUT2D eigenvalue weighted by Crippen LogP contribution is -2.44. The van der Waals surface area contributed by atoms with Crippen molar-refractivity contribution in [2.75, 3.05) is 0 Å². The van der Waals surface area contributed by atoms with Crippen molar-refractivity contribution in [2.24, 2.45) is 29.4 Å². The van der Waals surface area contributed by atoms with Crippen molar-refractivity contribution in [2.45, 2.75) is 64.0 Å². The third-order valence-electron chi connectivity index (χ3n) is 6.10. The van der Waals surface area contributed by atoms with Gasteiger partial charge in [-0.1, -0.05) is 0 Å². The summed E-state index contributed by atoms with van der Waals surface area (Å²) < 4.78 is 2.40. The molecule has 4 saturated carbocycles. The van der Waals surface area contributed by atoms with Crippen LogP contribution in [0.2, 0.25) is 0 Å². The van der Waals surface area contributed by atoms with Gasteiger partial charge in [0.05, 0.1) is 0 Å². The molecule has 4 fully saturated rings. The van der Waals surface area contributed by atoms with E-state index in [0.717, 1.165) is 42.6 Å². The van der Waals surface area contributed by atoms with Gasteiger partial charge in [0.1, 0.15) is 5.82 Å². The zero-order chi connectivity index (χ0) is 13.7. The van der Waals surface area contributed by atoms with Crippen LogP contribution in [0.5, 0.6) is 0 Å². The summed E-state index contributed by atoms with van der Waals surface area (Å²) in [6.07, 6.45) is 12.6. The van der Waals surface area contributed by atoms with Crippen LogP contribution in [-0.2, 0) is 6.54 Å². The standard InChI is InChI=1S/C17H27N3/c1-11(18)2-4-20-5-3-19-17(20)16-14-7-12-6-13(9-14)10-15(16)8-12/h3,5,11-16H,2,4,6-10,18H2,1H3. The Labute approximate surface area is 122 Å². The topological polar surface area (TPSA) is 43.8 Å². The second-order valence-corrected chi connectivity index (χ2v) is 7.70. The minimum absolute atomic E-state index is 0.281. The summed E-state index contributed by atoms with van der Waals surface area (Å²) in [6, 6.07) is 0.281. The molecule has 0 saturated heterocycles. The van der Waals surface area contributed by atoms with E-state index in [1.165, 1.54) is 37.9 Å². The molecule has 2 N–H and O–H groups in total. The van der Waals surface area contributed by atoms with Crippen LogP contribution < -0.4 is 5.73 Å². The molecule has 0 aliphatic heterocycles. The number of nitrogens with zero attached hydrogens (tertiary/aromatic N) is 2. The van der Waals surface area contributed by atoms with E-state index < -0.39 is 0 Å².